The lowest BCUT2D eigenvalue weighted by molar-refractivity contribution is -0.132. The molecular formula is C18H18BrFN2O4S. The molecule has 2 rings (SSSR count). The van der Waals surface area contributed by atoms with E-state index in [4.69, 9.17) is 0 Å². The molecule has 6 nitrogen and oxygen atoms in total. The van der Waals surface area contributed by atoms with Gasteiger partial charge in [-0.15, -0.1) is 0 Å². The van der Waals surface area contributed by atoms with Crippen LogP contribution in [0.5, 0.6) is 0 Å². The molecule has 2 aromatic carbocycles. The fourth-order valence-electron chi connectivity index (χ4n) is 2.32. The van der Waals surface area contributed by atoms with Crippen LogP contribution in [0.15, 0.2) is 57.9 Å². The summed E-state index contributed by atoms with van der Waals surface area (Å²) in [5.41, 5.74) is 0.537. The predicted octanol–water partition coefficient (Wildman–Crippen LogP) is 2.85. The highest BCUT2D eigenvalue weighted by Gasteiger charge is 2.32. The number of hydrogen-bond donors (Lipinski definition) is 1. The Labute approximate surface area is 165 Å². The minimum absolute atomic E-state index is 0.157. The Bertz CT molecular complexity index is 948. The molecule has 0 saturated heterocycles. The van der Waals surface area contributed by atoms with Crippen molar-refractivity contribution in [2.24, 2.45) is 0 Å². The zero-order chi connectivity index (χ0) is 20.2. The normalized spacial score (nSPS) is 12.3. The van der Waals surface area contributed by atoms with Gasteiger partial charge in [-0.2, -0.15) is 0 Å². The van der Waals surface area contributed by atoms with Gasteiger partial charge in [0.25, 0.3) is 0 Å². The lowest BCUT2D eigenvalue weighted by Gasteiger charge is -2.21. The van der Waals surface area contributed by atoms with Gasteiger partial charge in [-0.1, -0.05) is 12.1 Å². The van der Waals surface area contributed by atoms with Gasteiger partial charge < -0.3 is 10.2 Å². The average Bonchev–Trinajstić information content (AvgIpc) is 2.62. The molecule has 9 heteroatoms. The summed E-state index contributed by atoms with van der Waals surface area (Å²) in [5, 5.41) is 1.23. The first-order chi connectivity index (χ1) is 12.6. The van der Waals surface area contributed by atoms with E-state index in [2.05, 4.69) is 21.2 Å². The van der Waals surface area contributed by atoms with E-state index < -0.39 is 32.7 Å². The molecule has 27 heavy (non-hydrogen) atoms. The molecule has 0 aromatic heterocycles. The molecule has 0 aliphatic carbocycles. The van der Waals surface area contributed by atoms with Crippen molar-refractivity contribution in [2.75, 3.05) is 18.9 Å². The molecule has 144 valence electrons. The summed E-state index contributed by atoms with van der Waals surface area (Å²) in [6.45, 7) is 0.923. The van der Waals surface area contributed by atoms with E-state index in [0.717, 1.165) is 29.2 Å². The quantitative estimate of drug-likeness (QED) is 0.677. The first-order valence-corrected chi connectivity index (χ1v) is 10.3. The van der Waals surface area contributed by atoms with Crippen molar-refractivity contribution in [1.82, 2.24) is 4.90 Å². The molecule has 1 N–H and O–H groups in total. The van der Waals surface area contributed by atoms with E-state index in [1.807, 2.05) is 0 Å². The highest BCUT2D eigenvalue weighted by atomic mass is 79.9. The molecule has 2 amide bonds. The number of benzene rings is 2. The van der Waals surface area contributed by atoms with Crippen LogP contribution in [0.25, 0.3) is 0 Å². The van der Waals surface area contributed by atoms with Crippen LogP contribution in [0.3, 0.4) is 0 Å². The third-order valence-electron chi connectivity index (χ3n) is 3.86. The molecule has 1 unspecified atom stereocenters. The van der Waals surface area contributed by atoms with Crippen molar-refractivity contribution < 1.29 is 22.4 Å². The van der Waals surface area contributed by atoms with Gasteiger partial charge in [0, 0.05) is 11.5 Å². The van der Waals surface area contributed by atoms with Crippen molar-refractivity contribution in [3.8, 4) is 0 Å². The Kier molecular flexibility index (Phi) is 6.72. The number of nitrogens with zero attached hydrogens (tertiary/aromatic N) is 1. The Morgan fingerprint density at radius 2 is 1.74 bits per heavy atom. The molecule has 0 fully saturated rings. The van der Waals surface area contributed by atoms with Crippen LogP contribution in [0.4, 0.5) is 10.1 Å². The van der Waals surface area contributed by atoms with Crippen molar-refractivity contribution >= 4 is 43.3 Å². The van der Waals surface area contributed by atoms with Crippen LogP contribution in [0, 0.1) is 5.82 Å². The first-order valence-electron chi connectivity index (χ1n) is 7.91. The predicted molar refractivity (Wildman–Crippen MR) is 103 cm³/mol. The zero-order valence-corrected chi connectivity index (χ0v) is 17.1. The van der Waals surface area contributed by atoms with E-state index in [1.54, 1.807) is 24.3 Å². The largest absolute Gasteiger partial charge is 0.335 e. The van der Waals surface area contributed by atoms with Crippen LogP contribution < -0.4 is 5.32 Å². The SMILES string of the molecule is CC(C(=O)N(C)CC(=O)Nc1ccccc1Br)S(=O)(=O)c1ccc(F)cc1. The van der Waals surface area contributed by atoms with Gasteiger partial charge in [-0.3, -0.25) is 9.59 Å². The maximum absolute atomic E-state index is 13.0. The minimum atomic E-state index is -4.00. The number of carbonyl (C=O) groups excluding carboxylic acids is 2. The Hall–Kier alpha value is -2.26. The number of anilines is 1. The van der Waals surface area contributed by atoms with Gasteiger partial charge in [-0.05, 0) is 59.3 Å². The highest BCUT2D eigenvalue weighted by molar-refractivity contribution is 9.10. The second kappa shape index (κ2) is 8.62. The monoisotopic (exact) mass is 456 g/mol. The summed E-state index contributed by atoms with van der Waals surface area (Å²) < 4.78 is 38.7. The summed E-state index contributed by atoms with van der Waals surface area (Å²) in [6.07, 6.45) is 0. The highest BCUT2D eigenvalue weighted by Crippen LogP contribution is 2.21. The Morgan fingerprint density at radius 1 is 1.15 bits per heavy atom. The van der Waals surface area contributed by atoms with Gasteiger partial charge in [0.1, 0.15) is 11.1 Å². The fourth-order valence-corrected chi connectivity index (χ4v) is 4.07. The maximum atomic E-state index is 13.0. The number of nitrogens with one attached hydrogen (secondary N) is 1. The van der Waals surface area contributed by atoms with Crippen LogP contribution >= 0.6 is 15.9 Å². The summed E-state index contributed by atoms with van der Waals surface area (Å²) in [5.74, 6) is -1.78. The van der Waals surface area contributed by atoms with Gasteiger partial charge in [0.15, 0.2) is 9.84 Å². The maximum Gasteiger partial charge on any atom is 0.244 e. The van der Waals surface area contributed by atoms with Crippen molar-refractivity contribution in [3.05, 3.63) is 58.8 Å². The van der Waals surface area contributed by atoms with Gasteiger partial charge in [0.2, 0.25) is 11.8 Å². The number of likely N-dealkylation sites (N-methyl/N-ethyl adjacent to an activating group) is 1. The summed E-state index contributed by atoms with van der Waals surface area (Å²) in [6, 6.07) is 11.2. The lowest BCUT2D eigenvalue weighted by Crippen LogP contribution is -2.42. The van der Waals surface area contributed by atoms with Gasteiger partial charge >= 0.3 is 0 Å². The van der Waals surface area contributed by atoms with Crippen molar-refractivity contribution in [1.29, 1.82) is 0 Å². The molecule has 0 saturated carbocycles. The number of para-hydroxylation sites is 1. The second-order valence-corrected chi connectivity index (χ2v) is 8.99. The zero-order valence-electron chi connectivity index (χ0n) is 14.6. The van der Waals surface area contributed by atoms with E-state index in [1.165, 1.54) is 14.0 Å². The minimum Gasteiger partial charge on any atom is -0.335 e. The standard InChI is InChI=1S/C18H18BrFN2O4S/c1-12(27(25,26)14-9-7-13(20)8-10-14)18(24)22(2)11-17(23)21-16-6-4-3-5-15(16)19/h3-10,12H,11H2,1-2H3,(H,21,23). The number of rotatable bonds is 6. The number of amides is 2. The fraction of sp³-hybridized carbons (Fsp3) is 0.222. The number of hydrogen-bond acceptors (Lipinski definition) is 4. The smallest absolute Gasteiger partial charge is 0.244 e. The van der Waals surface area contributed by atoms with Gasteiger partial charge in [0.05, 0.1) is 17.1 Å². The lowest BCUT2D eigenvalue weighted by atomic mass is 10.3. The Morgan fingerprint density at radius 3 is 2.33 bits per heavy atom. The van der Waals surface area contributed by atoms with Crippen molar-refractivity contribution in [3.63, 3.8) is 0 Å². The molecule has 0 heterocycles. The first kappa shape index (κ1) is 21.0. The van der Waals surface area contributed by atoms with Crippen molar-refractivity contribution in [2.45, 2.75) is 17.1 Å². The molecule has 0 spiro atoms. The molecule has 1 atom stereocenters. The van der Waals surface area contributed by atoms with Crippen LogP contribution in [-0.4, -0.2) is 44.0 Å². The van der Waals surface area contributed by atoms with Crippen LogP contribution in [0.2, 0.25) is 0 Å². The summed E-state index contributed by atoms with van der Waals surface area (Å²) in [4.78, 5) is 25.5. The number of halogens is 2. The van der Waals surface area contributed by atoms with E-state index >= 15 is 0 Å². The third-order valence-corrected chi connectivity index (χ3v) is 6.61. The topological polar surface area (TPSA) is 83.6 Å². The third kappa shape index (κ3) is 5.14. The van der Waals surface area contributed by atoms with E-state index in [0.29, 0.717) is 10.2 Å². The number of sulfone groups is 1. The molecule has 0 bridgehead atoms. The second-order valence-electron chi connectivity index (χ2n) is 5.86. The molecular weight excluding hydrogens is 439 g/mol. The van der Waals surface area contributed by atoms with Gasteiger partial charge in [-0.25, -0.2) is 12.8 Å². The molecule has 0 radical (unpaired) electrons. The van der Waals surface area contributed by atoms with E-state index in [9.17, 15) is 22.4 Å². The average molecular weight is 457 g/mol. The van der Waals surface area contributed by atoms with E-state index in [-0.39, 0.29) is 11.4 Å². The van der Waals surface area contributed by atoms with Crippen LogP contribution in [0.1, 0.15) is 6.92 Å². The summed E-state index contributed by atoms with van der Waals surface area (Å²) in [7, 11) is -2.65. The summed E-state index contributed by atoms with van der Waals surface area (Å²) >= 11 is 3.30. The molecule has 0 aliphatic heterocycles. The number of carbonyl (C=O) groups is 2. The Balaban J connectivity index is 2.06. The molecule has 2 aromatic rings. The van der Waals surface area contributed by atoms with Crippen LogP contribution in [-0.2, 0) is 19.4 Å². The molecule has 0 aliphatic rings.